The van der Waals surface area contributed by atoms with E-state index in [9.17, 15) is 8.42 Å². The number of anilines is 1. The molecule has 0 saturated carbocycles. The first-order valence-corrected chi connectivity index (χ1v) is 9.38. The molecule has 0 bridgehead atoms. The molecule has 3 rings (SSSR count). The Morgan fingerprint density at radius 3 is 2.95 bits per heavy atom. The molecule has 0 spiro atoms. The van der Waals surface area contributed by atoms with E-state index in [1.165, 1.54) is 0 Å². The fourth-order valence-corrected chi connectivity index (χ4v) is 5.27. The van der Waals surface area contributed by atoms with Crippen LogP contribution >= 0.6 is 15.9 Å². The van der Waals surface area contributed by atoms with Gasteiger partial charge < -0.3 is 5.32 Å². The van der Waals surface area contributed by atoms with Crippen molar-refractivity contribution in [1.82, 2.24) is 14.6 Å². The van der Waals surface area contributed by atoms with Crippen LogP contribution in [0.15, 0.2) is 21.6 Å². The Hall–Kier alpha value is -0.700. The van der Waals surface area contributed by atoms with E-state index in [4.69, 9.17) is 0 Å². The number of aromatic nitrogens is 1. The van der Waals surface area contributed by atoms with Crippen molar-refractivity contribution in [2.45, 2.75) is 36.2 Å². The molecule has 21 heavy (non-hydrogen) atoms. The number of hydrogen-bond donors (Lipinski definition) is 2. The minimum absolute atomic E-state index is 0.00110. The van der Waals surface area contributed by atoms with E-state index in [0.29, 0.717) is 16.3 Å². The van der Waals surface area contributed by atoms with Crippen LogP contribution in [0.5, 0.6) is 0 Å². The van der Waals surface area contributed by atoms with Crippen LogP contribution in [0, 0.1) is 0 Å². The third-order valence-corrected chi connectivity index (χ3v) is 6.20. The second kappa shape index (κ2) is 5.83. The van der Waals surface area contributed by atoms with Gasteiger partial charge in [0, 0.05) is 36.3 Å². The Morgan fingerprint density at radius 1 is 1.38 bits per heavy atom. The van der Waals surface area contributed by atoms with Crippen molar-refractivity contribution < 1.29 is 8.42 Å². The number of fused-ring (bicyclic) bond motifs is 1. The zero-order chi connectivity index (χ0) is 15.0. The molecule has 1 aromatic rings. The largest absolute Gasteiger partial charge is 0.372 e. The van der Waals surface area contributed by atoms with Gasteiger partial charge in [-0.05, 0) is 47.8 Å². The van der Waals surface area contributed by atoms with Gasteiger partial charge in [0.1, 0.15) is 10.7 Å². The number of sulfonamides is 1. The van der Waals surface area contributed by atoms with Gasteiger partial charge in [-0.15, -0.1) is 0 Å². The van der Waals surface area contributed by atoms with Gasteiger partial charge in [0.05, 0.1) is 0 Å². The van der Waals surface area contributed by atoms with E-state index in [1.807, 2.05) is 0 Å². The monoisotopic (exact) mass is 374 g/mol. The highest BCUT2D eigenvalue weighted by Gasteiger charge is 2.39. The lowest BCUT2D eigenvalue weighted by molar-refractivity contribution is 0.309. The van der Waals surface area contributed by atoms with Crippen molar-refractivity contribution in [2.75, 3.05) is 25.5 Å². The summed E-state index contributed by atoms with van der Waals surface area (Å²) in [5.74, 6) is 0.368. The van der Waals surface area contributed by atoms with Gasteiger partial charge in [-0.2, -0.15) is 0 Å². The minimum atomic E-state index is -3.58. The first kappa shape index (κ1) is 15.2. The molecule has 0 aliphatic carbocycles. The van der Waals surface area contributed by atoms with Crippen LogP contribution in [0.1, 0.15) is 19.3 Å². The van der Waals surface area contributed by atoms with Crippen LogP contribution in [-0.4, -0.2) is 50.5 Å². The highest BCUT2D eigenvalue weighted by atomic mass is 79.9. The van der Waals surface area contributed by atoms with Crippen LogP contribution < -0.4 is 10.0 Å². The average molecular weight is 375 g/mol. The summed E-state index contributed by atoms with van der Waals surface area (Å²) >= 11 is 3.29. The maximum absolute atomic E-state index is 12.7. The number of nitrogens with one attached hydrogen (secondary N) is 2. The quantitative estimate of drug-likeness (QED) is 0.832. The van der Waals surface area contributed by atoms with Crippen molar-refractivity contribution in [2.24, 2.45) is 0 Å². The summed E-state index contributed by atoms with van der Waals surface area (Å²) in [6.07, 6.45) is 4.69. The highest BCUT2D eigenvalue weighted by molar-refractivity contribution is 9.10. The summed E-state index contributed by atoms with van der Waals surface area (Å²) in [7, 11) is -1.91. The molecule has 2 fully saturated rings. The molecule has 8 heteroatoms. The lowest BCUT2D eigenvalue weighted by Crippen LogP contribution is -2.42. The molecule has 2 aliphatic heterocycles. The number of rotatable bonds is 4. The van der Waals surface area contributed by atoms with Crippen LogP contribution in [0.3, 0.4) is 0 Å². The van der Waals surface area contributed by atoms with Crippen molar-refractivity contribution in [3.63, 3.8) is 0 Å². The smallest absolute Gasteiger partial charge is 0.244 e. The Labute approximate surface area is 133 Å². The molecule has 1 aromatic heterocycles. The summed E-state index contributed by atoms with van der Waals surface area (Å²) < 4.78 is 28.9. The maximum atomic E-state index is 12.7. The molecule has 2 aliphatic rings. The molecule has 2 N–H and O–H groups in total. The van der Waals surface area contributed by atoms with Gasteiger partial charge in [0.2, 0.25) is 10.0 Å². The topological polar surface area (TPSA) is 74.3 Å². The average Bonchev–Trinajstić information content (AvgIpc) is 3.04. The standard InChI is InChI=1S/C13H19BrN4O2S/c1-15-13-12(7-9(14)8-16-13)21(19,20)17-10-4-6-18-5-2-3-11(10)18/h7-8,10-11,17H,2-6H2,1H3,(H,15,16). The fourth-order valence-electron chi connectivity index (χ4n) is 3.30. The van der Waals surface area contributed by atoms with E-state index < -0.39 is 10.0 Å². The van der Waals surface area contributed by atoms with E-state index in [1.54, 1.807) is 19.3 Å². The predicted molar refractivity (Wildman–Crippen MR) is 84.8 cm³/mol. The minimum Gasteiger partial charge on any atom is -0.372 e. The van der Waals surface area contributed by atoms with Crippen LogP contribution in [-0.2, 0) is 10.0 Å². The molecule has 116 valence electrons. The Bertz CT molecular complexity index is 637. The lowest BCUT2D eigenvalue weighted by Gasteiger charge is -2.21. The first-order valence-electron chi connectivity index (χ1n) is 7.11. The Kier molecular flexibility index (Phi) is 4.22. The van der Waals surface area contributed by atoms with Crippen molar-refractivity contribution in [3.05, 3.63) is 16.7 Å². The molecule has 2 unspecified atom stereocenters. The van der Waals surface area contributed by atoms with Gasteiger partial charge >= 0.3 is 0 Å². The molecule has 3 heterocycles. The zero-order valence-electron chi connectivity index (χ0n) is 11.8. The van der Waals surface area contributed by atoms with E-state index in [0.717, 1.165) is 32.4 Å². The van der Waals surface area contributed by atoms with Gasteiger partial charge in [-0.25, -0.2) is 18.1 Å². The highest BCUT2D eigenvalue weighted by Crippen LogP contribution is 2.30. The zero-order valence-corrected chi connectivity index (χ0v) is 14.2. The van der Waals surface area contributed by atoms with E-state index in [-0.39, 0.29) is 10.9 Å². The summed E-state index contributed by atoms with van der Waals surface area (Å²) in [5.41, 5.74) is 0. The van der Waals surface area contributed by atoms with Crippen LogP contribution in [0.2, 0.25) is 0 Å². The van der Waals surface area contributed by atoms with Gasteiger partial charge in [0.15, 0.2) is 0 Å². The molecule has 2 atom stereocenters. The predicted octanol–water partition coefficient (Wildman–Crippen LogP) is 1.40. The van der Waals surface area contributed by atoms with Gasteiger partial charge in [0.25, 0.3) is 0 Å². The summed E-state index contributed by atoms with van der Waals surface area (Å²) in [4.78, 5) is 6.69. The van der Waals surface area contributed by atoms with E-state index in [2.05, 4.69) is 35.9 Å². The molecule has 6 nitrogen and oxygen atoms in total. The van der Waals surface area contributed by atoms with Crippen molar-refractivity contribution in [3.8, 4) is 0 Å². The summed E-state index contributed by atoms with van der Waals surface area (Å²) in [6, 6.07) is 1.93. The summed E-state index contributed by atoms with van der Waals surface area (Å²) in [5, 5.41) is 2.84. The summed E-state index contributed by atoms with van der Waals surface area (Å²) in [6.45, 7) is 2.07. The Balaban J connectivity index is 1.86. The SMILES string of the molecule is CNc1ncc(Br)cc1S(=O)(=O)NC1CCN2CCCC12. The van der Waals surface area contributed by atoms with Gasteiger partial charge in [-0.1, -0.05) is 0 Å². The van der Waals surface area contributed by atoms with Crippen LogP contribution in [0.4, 0.5) is 5.82 Å². The number of pyridine rings is 1. The first-order chi connectivity index (χ1) is 10.0. The molecule has 0 amide bonds. The molecule has 2 saturated heterocycles. The Morgan fingerprint density at radius 2 is 2.19 bits per heavy atom. The normalized spacial score (nSPS) is 26.0. The molecule has 0 radical (unpaired) electrons. The van der Waals surface area contributed by atoms with Crippen LogP contribution in [0.25, 0.3) is 0 Å². The maximum Gasteiger partial charge on any atom is 0.244 e. The van der Waals surface area contributed by atoms with Crippen molar-refractivity contribution >= 4 is 31.8 Å². The number of hydrogen-bond acceptors (Lipinski definition) is 5. The third-order valence-electron chi connectivity index (χ3n) is 4.26. The molecule has 0 aromatic carbocycles. The second-order valence-corrected chi connectivity index (χ2v) is 8.11. The number of halogens is 1. The van der Waals surface area contributed by atoms with E-state index >= 15 is 0 Å². The van der Waals surface area contributed by atoms with Crippen molar-refractivity contribution in [1.29, 1.82) is 0 Å². The molecular weight excluding hydrogens is 356 g/mol. The number of nitrogens with zero attached hydrogens (tertiary/aromatic N) is 2. The third kappa shape index (κ3) is 2.94. The van der Waals surface area contributed by atoms with Gasteiger partial charge in [-0.3, -0.25) is 4.90 Å². The second-order valence-electron chi connectivity index (χ2n) is 5.51. The fraction of sp³-hybridized carbons (Fsp3) is 0.615. The lowest BCUT2D eigenvalue weighted by atomic mass is 10.1. The molecular formula is C13H19BrN4O2S.